The van der Waals surface area contributed by atoms with E-state index >= 15 is 0 Å². The molecule has 0 heterocycles. The predicted molar refractivity (Wildman–Crippen MR) is 16.8 cm³/mol. The van der Waals surface area contributed by atoms with E-state index in [4.69, 9.17) is 5.26 Å². The van der Waals surface area contributed by atoms with E-state index in [2.05, 4.69) is 16.1 Å². The Hall–Kier alpha value is 0.390. The molecule has 0 rings (SSSR count). The summed E-state index contributed by atoms with van der Waals surface area (Å²) in [4.78, 5) is 0. The molecule has 0 atom stereocenters. The summed E-state index contributed by atoms with van der Waals surface area (Å²) in [6.45, 7) is 2.79. The van der Waals surface area contributed by atoms with Crippen LogP contribution in [-0.4, -0.2) is 0 Å². The summed E-state index contributed by atoms with van der Waals surface area (Å²) in [7, 11) is 4.58. The standard InChI is InChI=1S/C2H2N.Au.ClH/c1-2-3;;/h1H2;;1H/q-1;+1;/p-1. The van der Waals surface area contributed by atoms with Crippen molar-refractivity contribution in [2.45, 2.75) is 0 Å². The molecular weight excluding hydrogens is 270 g/mol. The van der Waals surface area contributed by atoms with Crippen LogP contribution in [0.2, 0.25) is 0 Å². The maximum atomic E-state index is 7.21. The average molecular weight is 272 g/mol. The molecule has 0 saturated heterocycles. The molecular formula is C2H2AuClN-. The zero-order valence-electron chi connectivity index (χ0n) is 2.33. The Balaban J connectivity index is 0. The van der Waals surface area contributed by atoms with Gasteiger partial charge in [-0.15, -0.1) is 6.07 Å². The van der Waals surface area contributed by atoms with Gasteiger partial charge >= 0.3 is 29.2 Å². The molecule has 0 aliphatic carbocycles. The Bertz CT molecular complexity index is 31.1. The van der Waals surface area contributed by atoms with Crippen LogP contribution in [0, 0.1) is 18.3 Å². The van der Waals surface area contributed by atoms with Crippen LogP contribution in [0.25, 0.3) is 0 Å². The molecule has 0 aromatic heterocycles. The van der Waals surface area contributed by atoms with E-state index in [1.54, 1.807) is 20.0 Å². The van der Waals surface area contributed by atoms with Crippen molar-refractivity contribution in [3.8, 4) is 6.07 Å². The minimum absolute atomic E-state index is 1.50. The van der Waals surface area contributed by atoms with Gasteiger partial charge in [0, 0.05) is 0 Å². The van der Waals surface area contributed by atoms with Crippen LogP contribution >= 0.6 is 9.19 Å². The van der Waals surface area contributed by atoms with E-state index in [0.717, 1.165) is 0 Å². The number of halogens is 1. The average Bonchev–Trinajstić information content (AvgIpc) is 1.46. The zero-order chi connectivity index (χ0) is 4.71. The van der Waals surface area contributed by atoms with E-state index in [0.29, 0.717) is 0 Å². The van der Waals surface area contributed by atoms with Gasteiger partial charge in [0.2, 0.25) is 0 Å². The second-order valence-corrected chi connectivity index (χ2v) is 0.158. The SMILES string of the molecule is [CH2-]C#N.[Cl][Au]. The van der Waals surface area contributed by atoms with Crippen LogP contribution in [0.15, 0.2) is 0 Å². The van der Waals surface area contributed by atoms with Gasteiger partial charge in [0.25, 0.3) is 0 Å². The monoisotopic (exact) mass is 272 g/mol. The van der Waals surface area contributed by atoms with Gasteiger partial charge < -0.3 is 6.92 Å². The normalized spacial score (nSPS) is 2.80. The molecule has 0 aliphatic heterocycles. The Morgan fingerprint density at radius 2 is 1.80 bits per heavy atom. The molecule has 0 fully saturated rings. The van der Waals surface area contributed by atoms with Crippen molar-refractivity contribution in [3.63, 3.8) is 0 Å². The third-order valence-corrected chi connectivity index (χ3v) is 0. The third-order valence-electron chi connectivity index (χ3n) is 0. The molecule has 0 bridgehead atoms. The second kappa shape index (κ2) is 26.1. The first-order valence-electron chi connectivity index (χ1n) is 0.691. The van der Waals surface area contributed by atoms with Gasteiger partial charge in [-0.05, 0) is 0 Å². The molecule has 34 valence electrons. The molecule has 0 unspecified atom stereocenters. The molecule has 0 radical (unpaired) electrons. The number of nitrogens with zero attached hydrogens (tertiary/aromatic N) is 1. The first-order valence-corrected chi connectivity index (χ1v) is 3.38. The molecule has 0 N–H and O–H groups in total. The van der Waals surface area contributed by atoms with Crippen molar-refractivity contribution in [3.05, 3.63) is 6.92 Å². The quantitative estimate of drug-likeness (QED) is 0.477. The van der Waals surface area contributed by atoms with Crippen molar-refractivity contribution in [2.75, 3.05) is 0 Å². The number of hydrogen-bond donors (Lipinski definition) is 0. The summed E-state index contributed by atoms with van der Waals surface area (Å²) in [6, 6.07) is 1.50. The van der Waals surface area contributed by atoms with E-state index < -0.39 is 0 Å². The molecule has 0 aromatic carbocycles. The fourth-order valence-corrected chi connectivity index (χ4v) is 0. The van der Waals surface area contributed by atoms with E-state index in [9.17, 15) is 0 Å². The summed E-state index contributed by atoms with van der Waals surface area (Å²) in [5.41, 5.74) is 0. The second-order valence-electron chi connectivity index (χ2n) is 0.158. The summed E-state index contributed by atoms with van der Waals surface area (Å²) >= 11 is 1.75. The third kappa shape index (κ3) is 165. The van der Waals surface area contributed by atoms with Crippen LogP contribution in [0.1, 0.15) is 0 Å². The van der Waals surface area contributed by atoms with Gasteiger partial charge in [0.1, 0.15) is 0 Å². The molecule has 0 saturated carbocycles. The first-order chi connectivity index (χ1) is 2.41. The van der Waals surface area contributed by atoms with Crippen LogP contribution < -0.4 is 0 Å². The number of nitriles is 1. The van der Waals surface area contributed by atoms with Crippen LogP contribution in [0.3, 0.4) is 0 Å². The van der Waals surface area contributed by atoms with E-state index in [1.165, 1.54) is 6.07 Å². The van der Waals surface area contributed by atoms with E-state index in [-0.39, 0.29) is 0 Å². The van der Waals surface area contributed by atoms with Gasteiger partial charge in [-0.25, -0.2) is 5.26 Å². The number of hydrogen-bond acceptors (Lipinski definition) is 1. The number of rotatable bonds is 0. The van der Waals surface area contributed by atoms with Gasteiger partial charge in [-0.1, -0.05) is 0 Å². The minimum atomic E-state index is 1.50. The topological polar surface area (TPSA) is 23.8 Å². The molecule has 3 heteroatoms. The summed E-state index contributed by atoms with van der Waals surface area (Å²) < 4.78 is 0. The molecule has 0 spiro atoms. The van der Waals surface area contributed by atoms with Gasteiger partial charge in [0.05, 0.1) is 0 Å². The summed E-state index contributed by atoms with van der Waals surface area (Å²) in [5.74, 6) is 0. The fraction of sp³-hybridized carbons (Fsp3) is 0. The Morgan fingerprint density at radius 3 is 1.80 bits per heavy atom. The van der Waals surface area contributed by atoms with Crippen LogP contribution in [0.5, 0.6) is 0 Å². The molecule has 0 aromatic rings. The van der Waals surface area contributed by atoms with Crippen molar-refractivity contribution >= 4 is 9.19 Å². The Morgan fingerprint density at radius 1 is 1.80 bits per heavy atom. The predicted octanol–water partition coefficient (Wildman–Crippen LogP) is 1.03. The molecule has 5 heavy (non-hydrogen) atoms. The summed E-state index contributed by atoms with van der Waals surface area (Å²) in [5, 5.41) is 7.21. The van der Waals surface area contributed by atoms with Crippen molar-refractivity contribution in [1.29, 1.82) is 5.26 Å². The van der Waals surface area contributed by atoms with Crippen LogP contribution in [0.4, 0.5) is 0 Å². The van der Waals surface area contributed by atoms with Gasteiger partial charge in [0.15, 0.2) is 0 Å². The van der Waals surface area contributed by atoms with Crippen molar-refractivity contribution < 1.29 is 20.0 Å². The van der Waals surface area contributed by atoms with Gasteiger partial charge in [-0.3, -0.25) is 0 Å². The van der Waals surface area contributed by atoms with Crippen molar-refractivity contribution in [2.24, 2.45) is 0 Å². The molecule has 1 nitrogen and oxygen atoms in total. The molecule has 0 amide bonds. The van der Waals surface area contributed by atoms with E-state index in [1.807, 2.05) is 0 Å². The summed E-state index contributed by atoms with van der Waals surface area (Å²) in [6.07, 6.45) is 0. The van der Waals surface area contributed by atoms with Crippen LogP contribution in [-0.2, 0) is 20.0 Å². The first kappa shape index (κ1) is 9.04. The fourth-order valence-electron chi connectivity index (χ4n) is 0. The Kier molecular flexibility index (Phi) is 47.2. The maximum absolute atomic E-state index is 7.21. The zero-order valence-corrected chi connectivity index (χ0v) is 5.26. The molecule has 0 aliphatic rings. The van der Waals surface area contributed by atoms with Gasteiger partial charge in [-0.2, -0.15) is 0 Å². The Labute approximate surface area is 47.7 Å². The van der Waals surface area contributed by atoms with Crippen molar-refractivity contribution in [1.82, 2.24) is 0 Å².